The van der Waals surface area contributed by atoms with Crippen molar-refractivity contribution in [3.05, 3.63) is 47.5 Å². The van der Waals surface area contributed by atoms with E-state index in [2.05, 4.69) is 9.73 Å². The summed E-state index contributed by atoms with van der Waals surface area (Å²) in [6.45, 7) is 2.98. The average molecular weight is 381 g/mol. The number of hydrogen-bond donors (Lipinski definition) is 2. The summed E-state index contributed by atoms with van der Waals surface area (Å²) < 4.78 is 25.1. The summed E-state index contributed by atoms with van der Waals surface area (Å²) in [4.78, 5) is 5.03. The molecule has 0 bridgehead atoms. The smallest absolute Gasteiger partial charge is 0.253 e. The lowest BCUT2D eigenvalue weighted by molar-refractivity contribution is 0.135. The fourth-order valence-corrected chi connectivity index (χ4v) is 4.12. The number of hydrogen-bond acceptors (Lipinski definition) is 5. The van der Waals surface area contributed by atoms with Gasteiger partial charge in [0.2, 0.25) is 0 Å². The van der Waals surface area contributed by atoms with Crippen LogP contribution in [0.4, 0.5) is 5.69 Å². The number of nitrogens with one attached hydrogen (secondary N) is 1. The van der Waals surface area contributed by atoms with E-state index >= 15 is 0 Å². The molecule has 1 heterocycles. The highest BCUT2D eigenvalue weighted by Gasteiger charge is 2.21. The molecule has 0 radical (unpaired) electrons. The molecule has 1 fully saturated rings. The number of benzene rings is 2. The van der Waals surface area contributed by atoms with E-state index in [0.717, 1.165) is 24.2 Å². The second-order valence-corrected chi connectivity index (χ2v) is 8.22. The Hall–Kier alpha value is -1.64. The van der Waals surface area contributed by atoms with E-state index < -0.39 is 10.0 Å². The van der Waals surface area contributed by atoms with E-state index in [4.69, 9.17) is 17.3 Å². The molecule has 0 atom stereocenters. The van der Waals surface area contributed by atoms with Crippen LogP contribution in [0, 0.1) is 0 Å². The molecule has 3 N–H and O–H groups in total. The highest BCUT2D eigenvalue weighted by Crippen LogP contribution is 2.30. The van der Waals surface area contributed by atoms with Crippen LogP contribution in [0.1, 0.15) is 0 Å². The summed E-state index contributed by atoms with van der Waals surface area (Å²) in [5.41, 5.74) is 7.94. The Labute approximate surface area is 153 Å². The lowest BCUT2D eigenvalue weighted by Gasteiger charge is -2.32. The van der Waals surface area contributed by atoms with Crippen molar-refractivity contribution >= 4 is 27.3 Å². The van der Waals surface area contributed by atoms with Crippen molar-refractivity contribution < 1.29 is 8.42 Å². The van der Waals surface area contributed by atoms with Gasteiger partial charge in [-0.25, -0.2) is 13.4 Å². The van der Waals surface area contributed by atoms with Crippen LogP contribution < -0.4 is 10.6 Å². The molecule has 6 nitrogen and oxygen atoms in total. The van der Waals surface area contributed by atoms with Gasteiger partial charge in [0.1, 0.15) is 0 Å². The van der Waals surface area contributed by atoms with Gasteiger partial charge in [-0.3, -0.25) is 0 Å². The Morgan fingerprint density at radius 3 is 2.28 bits per heavy atom. The quantitative estimate of drug-likeness (QED) is 0.793. The van der Waals surface area contributed by atoms with Gasteiger partial charge in [0.05, 0.1) is 9.92 Å². The van der Waals surface area contributed by atoms with Gasteiger partial charge in [-0.15, -0.1) is 4.83 Å². The summed E-state index contributed by atoms with van der Waals surface area (Å²) in [5, 5.41) is 2.27. The zero-order valence-corrected chi connectivity index (χ0v) is 15.5. The number of nitrogen functional groups attached to an aromatic ring is 1. The maximum absolute atomic E-state index is 12.5. The monoisotopic (exact) mass is 380 g/mol. The van der Waals surface area contributed by atoms with Gasteiger partial charge in [0, 0.05) is 37.4 Å². The van der Waals surface area contributed by atoms with Gasteiger partial charge >= 0.3 is 0 Å². The van der Waals surface area contributed by atoms with Crippen molar-refractivity contribution in [1.82, 2.24) is 14.7 Å². The first-order valence-corrected chi connectivity index (χ1v) is 9.83. The maximum Gasteiger partial charge on any atom is 0.253 e. The summed E-state index contributed by atoms with van der Waals surface area (Å²) in [7, 11) is -1.57. The van der Waals surface area contributed by atoms with Crippen LogP contribution in [0.25, 0.3) is 11.1 Å². The molecule has 1 saturated heterocycles. The maximum atomic E-state index is 12.5. The molecule has 1 aliphatic heterocycles. The number of piperazine rings is 1. The lowest BCUT2D eigenvalue weighted by Crippen LogP contribution is -2.52. The van der Waals surface area contributed by atoms with Crippen LogP contribution in [0.15, 0.2) is 47.4 Å². The van der Waals surface area contributed by atoms with Crippen LogP contribution in [0.3, 0.4) is 0 Å². The normalized spacial score (nSPS) is 16.9. The molecule has 25 heavy (non-hydrogen) atoms. The molecule has 8 heteroatoms. The summed E-state index contributed by atoms with van der Waals surface area (Å²) in [5.74, 6) is 0. The molecule has 134 valence electrons. The number of nitrogens with zero attached hydrogens (tertiary/aromatic N) is 2. The van der Waals surface area contributed by atoms with E-state index in [1.807, 2.05) is 13.1 Å². The van der Waals surface area contributed by atoms with E-state index in [1.54, 1.807) is 41.4 Å². The predicted molar refractivity (Wildman–Crippen MR) is 101 cm³/mol. The van der Waals surface area contributed by atoms with Gasteiger partial charge < -0.3 is 10.6 Å². The van der Waals surface area contributed by atoms with Crippen LogP contribution >= 0.6 is 11.6 Å². The highest BCUT2D eigenvalue weighted by molar-refractivity contribution is 7.89. The molecule has 3 rings (SSSR count). The number of anilines is 1. The van der Waals surface area contributed by atoms with Crippen LogP contribution in [-0.2, 0) is 10.0 Å². The van der Waals surface area contributed by atoms with E-state index in [0.29, 0.717) is 23.8 Å². The molecule has 0 aromatic heterocycles. The van der Waals surface area contributed by atoms with Gasteiger partial charge in [-0.2, -0.15) is 0 Å². The Morgan fingerprint density at radius 1 is 1.04 bits per heavy atom. The largest absolute Gasteiger partial charge is 0.399 e. The van der Waals surface area contributed by atoms with Crippen molar-refractivity contribution in [1.29, 1.82) is 0 Å². The molecule has 0 unspecified atom stereocenters. The second kappa shape index (κ2) is 7.31. The second-order valence-electron chi connectivity index (χ2n) is 6.15. The molecule has 2 aromatic carbocycles. The first kappa shape index (κ1) is 18.2. The van der Waals surface area contributed by atoms with Gasteiger partial charge in [0.25, 0.3) is 10.0 Å². The van der Waals surface area contributed by atoms with Crippen molar-refractivity contribution in [2.45, 2.75) is 4.90 Å². The number of nitrogens with two attached hydrogens (primary N) is 1. The predicted octanol–water partition coefficient (Wildman–Crippen LogP) is 2.03. The van der Waals surface area contributed by atoms with Crippen LogP contribution in [0.2, 0.25) is 5.02 Å². The minimum absolute atomic E-state index is 0.224. The van der Waals surface area contributed by atoms with Gasteiger partial charge in [0.15, 0.2) is 0 Å². The third kappa shape index (κ3) is 4.31. The molecule has 0 saturated carbocycles. The van der Waals surface area contributed by atoms with Crippen molar-refractivity contribution in [2.24, 2.45) is 0 Å². The third-order valence-electron chi connectivity index (χ3n) is 4.22. The van der Waals surface area contributed by atoms with E-state index in [1.165, 1.54) is 0 Å². The Morgan fingerprint density at radius 2 is 1.68 bits per heavy atom. The number of halogens is 1. The number of likely N-dealkylation sites (N-methyl/N-ethyl adjacent to an activating group) is 1. The average Bonchev–Trinajstić information content (AvgIpc) is 2.57. The van der Waals surface area contributed by atoms with Crippen molar-refractivity contribution in [3.63, 3.8) is 0 Å². The van der Waals surface area contributed by atoms with Crippen molar-refractivity contribution in [3.8, 4) is 11.1 Å². The number of rotatable bonds is 4. The van der Waals surface area contributed by atoms with Gasteiger partial charge in [-0.1, -0.05) is 29.8 Å². The zero-order valence-electron chi connectivity index (χ0n) is 13.9. The summed E-state index contributed by atoms with van der Waals surface area (Å²) in [6.07, 6.45) is 0. The summed E-state index contributed by atoms with van der Waals surface area (Å²) >= 11 is 6.21. The number of sulfonamides is 1. The van der Waals surface area contributed by atoms with Crippen LogP contribution in [-0.4, -0.2) is 51.6 Å². The zero-order chi connectivity index (χ0) is 18.0. The molecular formula is C17H21ClN4O2S. The van der Waals surface area contributed by atoms with Crippen LogP contribution in [0.5, 0.6) is 0 Å². The topological polar surface area (TPSA) is 78.7 Å². The minimum atomic E-state index is -3.59. The third-order valence-corrected chi connectivity index (χ3v) is 5.93. The Kier molecular flexibility index (Phi) is 5.31. The highest BCUT2D eigenvalue weighted by atomic mass is 35.5. The molecule has 1 aliphatic rings. The molecule has 2 aromatic rings. The first-order valence-electron chi connectivity index (χ1n) is 7.96. The lowest BCUT2D eigenvalue weighted by atomic mass is 10.1. The molecular weight excluding hydrogens is 360 g/mol. The molecule has 0 aliphatic carbocycles. The molecule has 0 spiro atoms. The van der Waals surface area contributed by atoms with Crippen molar-refractivity contribution in [2.75, 3.05) is 39.0 Å². The Balaban J connectivity index is 1.77. The van der Waals surface area contributed by atoms with E-state index in [9.17, 15) is 8.42 Å². The van der Waals surface area contributed by atoms with E-state index in [-0.39, 0.29) is 4.90 Å². The first-order chi connectivity index (χ1) is 11.8. The number of hydrazine groups is 1. The Bertz CT molecular complexity index is 847. The standard InChI is InChI=1S/C17H21ClN4O2S/c1-21-8-10-22(11-9-21)20-25(23,24)15-5-2-13(3-6-15)16-7-4-14(19)12-17(16)18/h2-7,12,20H,8-11,19H2,1H3. The summed E-state index contributed by atoms with van der Waals surface area (Å²) in [6, 6.07) is 11.9. The fourth-order valence-electron chi connectivity index (χ4n) is 2.70. The fraction of sp³-hybridized carbons (Fsp3) is 0.294. The SMILES string of the molecule is CN1CCN(NS(=O)(=O)c2ccc(-c3ccc(N)cc3Cl)cc2)CC1. The molecule has 0 amide bonds. The minimum Gasteiger partial charge on any atom is -0.399 e. The van der Waals surface area contributed by atoms with Gasteiger partial charge in [-0.05, 0) is 36.9 Å².